The van der Waals surface area contributed by atoms with Gasteiger partial charge in [0.15, 0.2) is 0 Å². The van der Waals surface area contributed by atoms with E-state index >= 15 is 0 Å². The highest BCUT2D eigenvalue weighted by Gasteiger charge is 2.08. The molecule has 0 saturated heterocycles. The Balaban J connectivity index is 2.16. The SMILES string of the molecule is CN(C)c1ccc(C2C=CC=CO2)cc1. The van der Waals surface area contributed by atoms with Gasteiger partial charge in [-0.25, -0.2) is 0 Å². The Labute approximate surface area is 90.5 Å². The summed E-state index contributed by atoms with van der Waals surface area (Å²) in [4.78, 5) is 2.08. The van der Waals surface area contributed by atoms with Gasteiger partial charge in [0.25, 0.3) is 0 Å². The molecule has 1 unspecified atom stereocenters. The number of hydrogen-bond donors (Lipinski definition) is 0. The zero-order chi connectivity index (χ0) is 10.7. The molecule has 0 bridgehead atoms. The van der Waals surface area contributed by atoms with Crippen molar-refractivity contribution in [3.63, 3.8) is 0 Å². The Hall–Kier alpha value is -1.70. The van der Waals surface area contributed by atoms with Gasteiger partial charge in [0.2, 0.25) is 0 Å². The van der Waals surface area contributed by atoms with Crippen molar-refractivity contribution in [2.45, 2.75) is 6.10 Å². The van der Waals surface area contributed by atoms with E-state index in [0.29, 0.717) is 0 Å². The minimum atomic E-state index is 0.0613. The maximum absolute atomic E-state index is 5.48. The highest BCUT2D eigenvalue weighted by atomic mass is 16.5. The van der Waals surface area contributed by atoms with E-state index in [4.69, 9.17) is 4.74 Å². The predicted molar refractivity (Wildman–Crippen MR) is 62.9 cm³/mol. The van der Waals surface area contributed by atoms with Gasteiger partial charge in [-0.1, -0.05) is 18.2 Å². The molecule has 0 saturated carbocycles. The van der Waals surface area contributed by atoms with Gasteiger partial charge in [0.05, 0.1) is 6.26 Å². The summed E-state index contributed by atoms with van der Waals surface area (Å²) in [7, 11) is 4.07. The summed E-state index contributed by atoms with van der Waals surface area (Å²) >= 11 is 0. The quantitative estimate of drug-likeness (QED) is 0.729. The Bertz CT molecular complexity index is 376. The molecule has 0 amide bonds. The average molecular weight is 201 g/mol. The van der Waals surface area contributed by atoms with Gasteiger partial charge < -0.3 is 9.64 Å². The first-order chi connectivity index (χ1) is 7.27. The highest BCUT2D eigenvalue weighted by Crippen LogP contribution is 2.23. The molecule has 0 fully saturated rings. The number of rotatable bonds is 2. The lowest BCUT2D eigenvalue weighted by Crippen LogP contribution is -2.08. The summed E-state index contributed by atoms with van der Waals surface area (Å²) in [5.74, 6) is 0. The molecule has 1 atom stereocenters. The van der Waals surface area contributed by atoms with Crippen LogP contribution in [0.2, 0.25) is 0 Å². The third kappa shape index (κ3) is 2.21. The molecule has 2 rings (SSSR count). The van der Waals surface area contributed by atoms with E-state index in [9.17, 15) is 0 Å². The van der Waals surface area contributed by atoms with Gasteiger partial charge in [-0.15, -0.1) is 0 Å². The van der Waals surface area contributed by atoms with Crippen LogP contribution >= 0.6 is 0 Å². The van der Waals surface area contributed by atoms with Crippen molar-refractivity contribution in [3.05, 3.63) is 54.3 Å². The van der Waals surface area contributed by atoms with Crippen LogP contribution in [0.15, 0.2) is 48.8 Å². The number of nitrogens with zero attached hydrogens (tertiary/aromatic N) is 1. The molecule has 0 radical (unpaired) electrons. The molecule has 2 heteroatoms. The molecule has 1 aliphatic rings. The van der Waals surface area contributed by atoms with Gasteiger partial charge in [-0.3, -0.25) is 0 Å². The van der Waals surface area contributed by atoms with Crippen molar-refractivity contribution in [1.82, 2.24) is 0 Å². The first-order valence-corrected chi connectivity index (χ1v) is 5.03. The smallest absolute Gasteiger partial charge is 0.141 e. The Morgan fingerprint density at radius 2 is 1.80 bits per heavy atom. The van der Waals surface area contributed by atoms with E-state index < -0.39 is 0 Å². The van der Waals surface area contributed by atoms with Crippen molar-refractivity contribution in [2.24, 2.45) is 0 Å². The number of ether oxygens (including phenoxy) is 1. The molecule has 1 heterocycles. The van der Waals surface area contributed by atoms with Crippen molar-refractivity contribution in [3.8, 4) is 0 Å². The van der Waals surface area contributed by atoms with Crippen LogP contribution in [0.25, 0.3) is 0 Å². The van der Waals surface area contributed by atoms with Crippen molar-refractivity contribution in [1.29, 1.82) is 0 Å². The van der Waals surface area contributed by atoms with Crippen LogP contribution in [-0.2, 0) is 4.74 Å². The lowest BCUT2D eigenvalue weighted by atomic mass is 10.1. The van der Waals surface area contributed by atoms with Gasteiger partial charge in [0, 0.05) is 19.8 Å². The summed E-state index contributed by atoms with van der Waals surface area (Å²) in [5, 5.41) is 0. The van der Waals surface area contributed by atoms with E-state index in [1.165, 1.54) is 11.3 Å². The molecular formula is C13H15NO. The number of allylic oxidation sites excluding steroid dienone is 2. The molecule has 0 aliphatic carbocycles. The fourth-order valence-electron chi connectivity index (χ4n) is 1.54. The lowest BCUT2D eigenvalue weighted by Gasteiger charge is -2.17. The molecule has 0 spiro atoms. The molecule has 2 nitrogen and oxygen atoms in total. The maximum Gasteiger partial charge on any atom is 0.141 e. The number of anilines is 1. The highest BCUT2D eigenvalue weighted by molar-refractivity contribution is 5.46. The zero-order valence-corrected chi connectivity index (χ0v) is 9.05. The van der Waals surface area contributed by atoms with Crippen LogP contribution in [0.1, 0.15) is 11.7 Å². The summed E-state index contributed by atoms with van der Waals surface area (Å²) in [6, 6.07) is 8.41. The van der Waals surface area contributed by atoms with Crippen molar-refractivity contribution in [2.75, 3.05) is 19.0 Å². The van der Waals surface area contributed by atoms with Crippen LogP contribution in [0, 0.1) is 0 Å². The van der Waals surface area contributed by atoms with Crippen LogP contribution < -0.4 is 4.90 Å². The fourth-order valence-corrected chi connectivity index (χ4v) is 1.54. The molecule has 1 aromatic rings. The fraction of sp³-hybridized carbons (Fsp3) is 0.231. The largest absolute Gasteiger partial charge is 0.489 e. The van der Waals surface area contributed by atoms with Gasteiger partial charge in [0.1, 0.15) is 6.10 Å². The second-order valence-corrected chi connectivity index (χ2v) is 3.76. The van der Waals surface area contributed by atoms with E-state index in [1.54, 1.807) is 6.26 Å². The first kappa shape index (κ1) is 9.84. The summed E-state index contributed by atoms with van der Waals surface area (Å²) in [5.41, 5.74) is 2.38. The minimum absolute atomic E-state index is 0.0613. The average Bonchev–Trinajstić information content (AvgIpc) is 2.30. The van der Waals surface area contributed by atoms with E-state index in [1.807, 2.05) is 32.3 Å². The number of benzene rings is 1. The van der Waals surface area contributed by atoms with Crippen molar-refractivity contribution < 1.29 is 4.74 Å². The van der Waals surface area contributed by atoms with Crippen LogP contribution in [0.3, 0.4) is 0 Å². The van der Waals surface area contributed by atoms with Crippen molar-refractivity contribution >= 4 is 5.69 Å². The summed E-state index contributed by atoms with van der Waals surface area (Å²) in [6.07, 6.45) is 7.74. The van der Waals surface area contributed by atoms with Gasteiger partial charge >= 0.3 is 0 Å². The van der Waals surface area contributed by atoms with Crippen LogP contribution in [0.4, 0.5) is 5.69 Å². The molecule has 1 aliphatic heterocycles. The van der Waals surface area contributed by atoms with E-state index in [2.05, 4.69) is 29.2 Å². The second-order valence-electron chi connectivity index (χ2n) is 3.76. The third-order valence-electron chi connectivity index (χ3n) is 2.44. The molecule has 0 N–H and O–H groups in total. The summed E-state index contributed by atoms with van der Waals surface area (Å²) < 4.78 is 5.48. The lowest BCUT2D eigenvalue weighted by molar-refractivity contribution is 0.186. The molecule has 78 valence electrons. The Morgan fingerprint density at radius 3 is 2.33 bits per heavy atom. The molecular weight excluding hydrogens is 186 g/mol. The Morgan fingerprint density at radius 1 is 1.07 bits per heavy atom. The maximum atomic E-state index is 5.48. The number of hydrogen-bond acceptors (Lipinski definition) is 2. The standard InChI is InChI=1S/C13H15NO/c1-14(2)12-8-6-11(7-9-12)13-5-3-4-10-15-13/h3-10,13H,1-2H3. The van der Waals surface area contributed by atoms with Crippen LogP contribution in [0.5, 0.6) is 0 Å². The Kier molecular flexibility index (Phi) is 2.77. The molecule has 0 aromatic heterocycles. The predicted octanol–water partition coefficient (Wildman–Crippen LogP) is 2.89. The zero-order valence-electron chi connectivity index (χ0n) is 9.05. The second kappa shape index (κ2) is 4.22. The monoisotopic (exact) mass is 201 g/mol. The normalized spacial score (nSPS) is 18.7. The molecule has 1 aromatic carbocycles. The van der Waals surface area contributed by atoms with Crippen LogP contribution in [-0.4, -0.2) is 14.1 Å². The van der Waals surface area contributed by atoms with Gasteiger partial charge in [-0.05, 0) is 29.8 Å². The van der Waals surface area contributed by atoms with Gasteiger partial charge in [-0.2, -0.15) is 0 Å². The topological polar surface area (TPSA) is 12.5 Å². The van der Waals surface area contributed by atoms with E-state index in [-0.39, 0.29) is 6.10 Å². The third-order valence-corrected chi connectivity index (χ3v) is 2.44. The summed E-state index contributed by atoms with van der Waals surface area (Å²) in [6.45, 7) is 0. The van der Waals surface area contributed by atoms with E-state index in [0.717, 1.165) is 0 Å². The molecule has 15 heavy (non-hydrogen) atoms. The first-order valence-electron chi connectivity index (χ1n) is 5.03. The minimum Gasteiger partial charge on any atom is -0.489 e.